The Kier molecular flexibility index (Phi) is 4.59. The van der Waals surface area contributed by atoms with Gasteiger partial charge in [0.1, 0.15) is 11.5 Å². The molecule has 0 saturated carbocycles. The molecule has 4 nitrogen and oxygen atoms in total. The summed E-state index contributed by atoms with van der Waals surface area (Å²) < 4.78 is 11.0. The number of nitrogens with zero attached hydrogens (tertiary/aromatic N) is 1. The predicted octanol–water partition coefficient (Wildman–Crippen LogP) is 1.05. The van der Waals surface area contributed by atoms with Gasteiger partial charge in [0, 0.05) is 32.1 Å². The van der Waals surface area contributed by atoms with Crippen LogP contribution in [0.15, 0.2) is 16.5 Å². The third-order valence-electron chi connectivity index (χ3n) is 3.07. The fraction of sp³-hybridized carbons (Fsp3) is 0.692. The minimum absolute atomic E-state index is 0.465. The quantitative estimate of drug-likeness (QED) is 0.832. The highest BCUT2D eigenvalue weighted by Crippen LogP contribution is 2.07. The molecule has 1 saturated heterocycles. The van der Waals surface area contributed by atoms with Crippen molar-refractivity contribution in [1.82, 2.24) is 10.2 Å². The van der Waals surface area contributed by atoms with Gasteiger partial charge >= 0.3 is 0 Å². The average Bonchev–Trinajstić information content (AvgIpc) is 2.74. The zero-order valence-electron chi connectivity index (χ0n) is 10.7. The van der Waals surface area contributed by atoms with Gasteiger partial charge in [-0.2, -0.15) is 0 Å². The molecule has 1 unspecified atom stereocenters. The summed E-state index contributed by atoms with van der Waals surface area (Å²) in [6, 6.07) is 4.55. The number of hydrogen-bond acceptors (Lipinski definition) is 4. The van der Waals surface area contributed by atoms with E-state index in [1.807, 2.05) is 13.0 Å². The second kappa shape index (κ2) is 6.19. The lowest BCUT2D eigenvalue weighted by molar-refractivity contribution is 0.0653. The Balaban J connectivity index is 1.68. The fourth-order valence-electron chi connectivity index (χ4n) is 2.13. The molecule has 4 heteroatoms. The Morgan fingerprint density at radius 3 is 3.00 bits per heavy atom. The van der Waals surface area contributed by atoms with Crippen molar-refractivity contribution in [3.05, 3.63) is 23.7 Å². The van der Waals surface area contributed by atoms with Gasteiger partial charge in [0.05, 0.1) is 13.2 Å². The molecular formula is C13H22N2O2. The van der Waals surface area contributed by atoms with Crippen LogP contribution in [0.25, 0.3) is 0 Å². The zero-order valence-corrected chi connectivity index (χ0v) is 10.7. The Morgan fingerprint density at radius 1 is 1.47 bits per heavy atom. The second-order valence-corrected chi connectivity index (χ2v) is 4.75. The molecule has 1 aromatic heterocycles. The summed E-state index contributed by atoms with van der Waals surface area (Å²) >= 11 is 0. The van der Waals surface area contributed by atoms with Gasteiger partial charge in [0.25, 0.3) is 0 Å². The molecule has 2 heterocycles. The van der Waals surface area contributed by atoms with Gasteiger partial charge in [-0.15, -0.1) is 0 Å². The fourth-order valence-corrected chi connectivity index (χ4v) is 2.13. The number of aryl methyl sites for hydroxylation is 1. The molecule has 1 aromatic rings. The van der Waals surface area contributed by atoms with Crippen LogP contribution in [0.2, 0.25) is 0 Å². The third-order valence-corrected chi connectivity index (χ3v) is 3.07. The van der Waals surface area contributed by atoms with Gasteiger partial charge in [-0.05, 0) is 26.1 Å². The van der Waals surface area contributed by atoms with Crippen LogP contribution < -0.4 is 5.32 Å². The van der Waals surface area contributed by atoms with Gasteiger partial charge in [-0.3, -0.25) is 0 Å². The van der Waals surface area contributed by atoms with Crippen LogP contribution in [-0.2, 0) is 11.2 Å². The molecule has 0 amide bonds. The van der Waals surface area contributed by atoms with Crippen LogP contribution >= 0.6 is 0 Å². The van der Waals surface area contributed by atoms with E-state index < -0.39 is 0 Å². The monoisotopic (exact) mass is 238 g/mol. The predicted molar refractivity (Wildman–Crippen MR) is 67.3 cm³/mol. The molecule has 17 heavy (non-hydrogen) atoms. The van der Waals surface area contributed by atoms with Crippen molar-refractivity contribution >= 4 is 0 Å². The maximum Gasteiger partial charge on any atom is 0.105 e. The SMILES string of the molecule is Cc1ccc(CCN(C)CC2COCCN2)o1. The van der Waals surface area contributed by atoms with Crippen molar-refractivity contribution in [1.29, 1.82) is 0 Å². The van der Waals surface area contributed by atoms with Crippen LogP contribution in [-0.4, -0.2) is 50.8 Å². The lowest BCUT2D eigenvalue weighted by Crippen LogP contribution is -2.47. The molecule has 1 aliphatic heterocycles. The maximum absolute atomic E-state index is 5.56. The molecule has 0 aromatic carbocycles. The van der Waals surface area contributed by atoms with Gasteiger partial charge in [-0.1, -0.05) is 0 Å². The first kappa shape index (κ1) is 12.6. The van der Waals surface area contributed by atoms with Crippen molar-refractivity contribution in [3.8, 4) is 0 Å². The van der Waals surface area contributed by atoms with Crippen molar-refractivity contribution < 1.29 is 9.15 Å². The lowest BCUT2D eigenvalue weighted by Gasteiger charge is -2.28. The Bertz CT molecular complexity index is 332. The van der Waals surface area contributed by atoms with Crippen molar-refractivity contribution in [2.24, 2.45) is 0 Å². The van der Waals surface area contributed by atoms with Gasteiger partial charge in [0.15, 0.2) is 0 Å². The number of furan rings is 1. The van der Waals surface area contributed by atoms with Crippen LogP contribution in [0.1, 0.15) is 11.5 Å². The highest BCUT2D eigenvalue weighted by molar-refractivity contribution is 5.05. The number of likely N-dealkylation sites (N-methyl/N-ethyl adjacent to an activating group) is 1. The molecule has 2 rings (SSSR count). The first-order valence-electron chi connectivity index (χ1n) is 6.29. The molecule has 1 N–H and O–H groups in total. The largest absolute Gasteiger partial charge is 0.466 e. The van der Waals surface area contributed by atoms with Crippen LogP contribution in [0, 0.1) is 6.92 Å². The first-order chi connectivity index (χ1) is 8.24. The van der Waals surface area contributed by atoms with E-state index in [4.69, 9.17) is 9.15 Å². The van der Waals surface area contributed by atoms with E-state index in [9.17, 15) is 0 Å². The Labute approximate surface area is 103 Å². The molecule has 1 atom stereocenters. The number of ether oxygens (including phenoxy) is 1. The van der Waals surface area contributed by atoms with E-state index in [2.05, 4.69) is 23.3 Å². The van der Waals surface area contributed by atoms with Crippen molar-refractivity contribution in [2.75, 3.05) is 39.9 Å². The normalized spacial score (nSPS) is 21.0. The summed E-state index contributed by atoms with van der Waals surface area (Å²) in [5.74, 6) is 2.06. The number of rotatable bonds is 5. The average molecular weight is 238 g/mol. The van der Waals surface area contributed by atoms with E-state index >= 15 is 0 Å². The molecular weight excluding hydrogens is 216 g/mol. The van der Waals surface area contributed by atoms with Crippen LogP contribution in [0.5, 0.6) is 0 Å². The highest BCUT2D eigenvalue weighted by atomic mass is 16.5. The molecule has 0 bridgehead atoms. The summed E-state index contributed by atoms with van der Waals surface area (Å²) in [4.78, 5) is 2.32. The third kappa shape index (κ3) is 4.15. The van der Waals surface area contributed by atoms with Gasteiger partial charge in [0.2, 0.25) is 0 Å². The molecule has 0 aliphatic carbocycles. The minimum atomic E-state index is 0.465. The topological polar surface area (TPSA) is 37.6 Å². The number of nitrogens with one attached hydrogen (secondary N) is 1. The second-order valence-electron chi connectivity index (χ2n) is 4.75. The summed E-state index contributed by atoms with van der Waals surface area (Å²) in [7, 11) is 2.14. The van der Waals surface area contributed by atoms with E-state index in [0.29, 0.717) is 6.04 Å². The van der Waals surface area contributed by atoms with Gasteiger partial charge < -0.3 is 19.4 Å². The van der Waals surface area contributed by atoms with Crippen LogP contribution in [0.4, 0.5) is 0 Å². The summed E-state index contributed by atoms with van der Waals surface area (Å²) in [5.41, 5.74) is 0. The van der Waals surface area contributed by atoms with E-state index in [0.717, 1.165) is 50.8 Å². The number of hydrogen-bond donors (Lipinski definition) is 1. The molecule has 96 valence electrons. The van der Waals surface area contributed by atoms with E-state index in [1.165, 1.54) is 0 Å². The van der Waals surface area contributed by atoms with Crippen molar-refractivity contribution in [2.45, 2.75) is 19.4 Å². The molecule has 1 aliphatic rings. The minimum Gasteiger partial charge on any atom is -0.466 e. The molecule has 0 spiro atoms. The summed E-state index contributed by atoms with van der Waals surface area (Å²) in [6.07, 6.45) is 0.970. The first-order valence-corrected chi connectivity index (χ1v) is 6.29. The summed E-state index contributed by atoms with van der Waals surface area (Å²) in [5, 5.41) is 3.46. The van der Waals surface area contributed by atoms with Crippen LogP contribution in [0.3, 0.4) is 0 Å². The standard InChI is InChI=1S/C13H22N2O2/c1-11-3-4-13(17-11)5-7-15(2)9-12-10-16-8-6-14-12/h3-4,12,14H,5-10H2,1-2H3. The zero-order chi connectivity index (χ0) is 12.1. The van der Waals surface area contributed by atoms with E-state index in [1.54, 1.807) is 0 Å². The maximum atomic E-state index is 5.56. The smallest absolute Gasteiger partial charge is 0.105 e. The molecule has 0 radical (unpaired) electrons. The highest BCUT2D eigenvalue weighted by Gasteiger charge is 2.14. The lowest BCUT2D eigenvalue weighted by atomic mass is 10.2. The Hall–Kier alpha value is -0.840. The van der Waals surface area contributed by atoms with Gasteiger partial charge in [-0.25, -0.2) is 0 Å². The van der Waals surface area contributed by atoms with E-state index in [-0.39, 0.29) is 0 Å². The van der Waals surface area contributed by atoms with Crippen molar-refractivity contribution in [3.63, 3.8) is 0 Å². The Morgan fingerprint density at radius 2 is 2.35 bits per heavy atom. The molecule has 1 fully saturated rings. The number of morpholine rings is 1. The summed E-state index contributed by atoms with van der Waals surface area (Å²) in [6.45, 7) is 6.66.